The van der Waals surface area contributed by atoms with Gasteiger partial charge >= 0.3 is 6.03 Å². The first-order valence-electron chi connectivity index (χ1n) is 14.2. The Hall–Kier alpha value is -3.46. The van der Waals surface area contributed by atoms with E-state index < -0.39 is 6.43 Å². The van der Waals surface area contributed by atoms with Crippen molar-refractivity contribution in [1.29, 1.82) is 0 Å². The number of alkyl halides is 2. The average Bonchev–Trinajstić information content (AvgIpc) is 3.61. The molecule has 1 fully saturated rings. The number of anilines is 2. The number of amides is 2. The number of ether oxygens (including phenoxy) is 1. The molecule has 2 aliphatic heterocycles. The number of methoxy groups -OCH3 is 1. The third-order valence-corrected chi connectivity index (χ3v) is 8.94. The van der Waals surface area contributed by atoms with E-state index in [0.29, 0.717) is 36.2 Å². The zero-order valence-corrected chi connectivity index (χ0v) is 23.4. The van der Waals surface area contributed by atoms with Crippen LogP contribution < -0.4 is 10.2 Å². The summed E-state index contributed by atoms with van der Waals surface area (Å²) in [4.78, 5) is 16.7. The fourth-order valence-electron chi connectivity index (χ4n) is 6.82. The minimum absolute atomic E-state index is 0.0244. The highest BCUT2D eigenvalue weighted by Gasteiger charge is 2.32. The molecule has 1 aromatic heterocycles. The molecule has 0 bridgehead atoms. The number of halogens is 2. The van der Waals surface area contributed by atoms with Crippen LogP contribution in [0.3, 0.4) is 0 Å². The standard InChI is InChI=1S/C31H37F2N5O2/c1-34-31(39)37-17-22-11-21(19-6-8-24(40-3)9-7-19)13-29(27(22)18-37)38-10-4-5-20-12-25(23-15-35-36(2)16-23)26(30(32)33)14-28(20)38/h11-16,19,24,30H,4-10,17-18H2,1-3H3,(H,34,39). The molecular weight excluding hydrogens is 512 g/mol. The maximum atomic E-state index is 14.5. The SMILES string of the molecule is CNC(=O)N1Cc2cc(C3CCC(OC)CC3)cc(N3CCCc4cc(-c5cnn(C)c5)c(C(F)F)cc43)c2C1. The second kappa shape index (κ2) is 10.8. The molecule has 2 amide bonds. The predicted molar refractivity (Wildman–Crippen MR) is 151 cm³/mol. The summed E-state index contributed by atoms with van der Waals surface area (Å²) in [5, 5.41) is 6.97. The highest BCUT2D eigenvalue weighted by Crippen LogP contribution is 2.46. The van der Waals surface area contributed by atoms with Crippen LogP contribution in [0, 0.1) is 0 Å². The summed E-state index contributed by atoms with van der Waals surface area (Å²) in [5.74, 6) is 0.415. The molecule has 40 heavy (non-hydrogen) atoms. The Labute approximate surface area is 234 Å². The smallest absolute Gasteiger partial charge is 0.317 e. The van der Waals surface area contributed by atoms with Gasteiger partial charge in [-0.3, -0.25) is 4.68 Å². The van der Waals surface area contributed by atoms with Crippen molar-refractivity contribution in [3.8, 4) is 11.1 Å². The summed E-state index contributed by atoms with van der Waals surface area (Å²) in [5.41, 5.74) is 7.76. The summed E-state index contributed by atoms with van der Waals surface area (Å²) >= 11 is 0. The minimum Gasteiger partial charge on any atom is -0.381 e. The molecule has 3 aromatic rings. The maximum absolute atomic E-state index is 14.5. The van der Waals surface area contributed by atoms with Gasteiger partial charge in [0.2, 0.25) is 0 Å². The Balaban J connectivity index is 1.44. The third-order valence-electron chi connectivity index (χ3n) is 8.94. The van der Waals surface area contributed by atoms with Crippen molar-refractivity contribution >= 4 is 17.4 Å². The number of hydrogen-bond donors (Lipinski definition) is 1. The molecular formula is C31H37F2N5O2. The van der Waals surface area contributed by atoms with Crippen LogP contribution in [-0.4, -0.2) is 47.5 Å². The summed E-state index contributed by atoms with van der Waals surface area (Å²) in [6.07, 6.45) is 7.05. The lowest BCUT2D eigenvalue weighted by atomic mass is 9.81. The molecule has 0 atom stereocenters. The van der Waals surface area contributed by atoms with Gasteiger partial charge in [-0.15, -0.1) is 0 Å². The highest BCUT2D eigenvalue weighted by atomic mass is 19.3. The number of urea groups is 1. The summed E-state index contributed by atoms with van der Waals surface area (Å²) in [6, 6.07) is 8.07. The van der Waals surface area contributed by atoms with Crippen molar-refractivity contribution < 1.29 is 18.3 Å². The molecule has 1 saturated carbocycles. The number of rotatable bonds is 5. The van der Waals surface area contributed by atoms with Gasteiger partial charge in [-0.05, 0) is 84.9 Å². The molecule has 9 heteroatoms. The number of aromatic nitrogens is 2. The second-order valence-corrected chi connectivity index (χ2v) is 11.3. The van der Waals surface area contributed by atoms with Gasteiger partial charge in [0, 0.05) is 68.6 Å². The number of hydrogen-bond acceptors (Lipinski definition) is 4. The molecule has 3 heterocycles. The van der Waals surface area contributed by atoms with Crippen molar-refractivity contribution in [3.05, 3.63) is 64.5 Å². The monoisotopic (exact) mass is 549 g/mol. The fourth-order valence-corrected chi connectivity index (χ4v) is 6.82. The van der Waals surface area contributed by atoms with E-state index in [1.807, 2.05) is 11.0 Å². The lowest BCUT2D eigenvalue weighted by Gasteiger charge is -2.35. The molecule has 0 radical (unpaired) electrons. The van der Waals surface area contributed by atoms with Crippen LogP contribution in [0.15, 0.2) is 36.7 Å². The van der Waals surface area contributed by atoms with Gasteiger partial charge < -0.3 is 19.9 Å². The molecule has 1 aliphatic carbocycles. The lowest BCUT2D eigenvalue weighted by molar-refractivity contribution is 0.0658. The molecule has 212 valence electrons. The van der Waals surface area contributed by atoms with Gasteiger partial charge in [-0.2, -0.15) is 5.10 Å². The van der Waals surface area contributed by atoms with E-state index in [4.69, 9.17) is 4.74 Å². The molecule has 6 rings (SSSR count). The number of aryl methyl sites for hydroxylation is 2. The Morgan fingerprint density at radius 1 is 1.07 bits per heavy atom. The van der Waals surface area contributed by atoms with Gasteiger partial charge in [0.05, 0.1) is 18.8 Å². The molecule has 2 aromatic carbocycles. The summed E-state index contributed by atoms with van der Waals surface area (Å²) < 4.78 is 36.2. The summed E-state index contributed by atoms with van der Waals surface area (Å²) in [7, 11) is 5.23. The first-order chi connectivity index (χ1) is 19.4. The van der Waals surface area contributed by atoms with Crippen LogP contribution in [0.4, 0.5) is 25.0 Å². The van der Waals surface area contributed by atoms with Crippen LogP contribution in [0.1, 0.15) is 72.3 Å². The Bertz CT molecular complexity index is 1410. The third kappa shape index (κ3) is 4.85. The Kier molecular flexibility index (Phi) is 7.25. The normalized spacial score (nSPS) is 20.6. The number of fused-ring (bicyclic) bond motifs is 2. The number of nitrogens with zero attached hydrogens (tertiary/aromatic N) is 4. The van der Waals surface area contributed by atoms with Gasteiger partial charge in [-0.1, -0.05) is 6.07 Å². The molecule has 0 spiro atoms. The number of carbonyl (C=O) groups is 1. The topological polar surface area (TPSA) is 62.6 Å². The van der Waals surface area contributed by atoms with Gasteiger partial charge in [0.15, 0.2) is 0 Å². The van der Waals surface area contributed by atoms with Crippen molar-refractivity contribution in [2.75, 3.05) is 25.6 Å². The first kappa shape index (κ1) is 26.7. The van der Waals surface area contributed by atoms with Gasteiger partial charge in [-0.25, -0.2) is 13.6 Å². The maximum Gasteiger partial charge on any atom is 0.317 e. The van der Waals surface area contributed by atoms with E-state index in [1.165, 1.54) is 5.56 Å². The number of carbonyl (C=O) groups excluding carboxylic acids is 1. The molecule has 3 aliphatic rings. The van der Waals surface area contributed by atoms with Crippen LogP contribution in [0.25, 0.3) is 11.1 Å². The quantitative estimate of drug-likeness (QED) is 0.398. The Morgan fingerprint density at radius 3 is 2.55 bits per heavy atom. The van der Waals surface area contributed by atoms with E-state index >= 15 is 0 Å². The van der Waals surface area contributed by atoms with Crippen LogP contribution >= 0.6 is 0 Å². The minimum atomic E-state index is -2.61. The summed E-state index contributed by atoms with van der Waals surface area (Å²) in [6.45, 7) is 1.79. The van der Waals surface area contributed by atoms with E-state index in [1.54, 1.807) is 44.3 Å². The molecule has 0 saturated heterocycles. The zero-order chi connectivity index (χ0) is 28.0. The predicted octanol–water partition coefficient (Wildman–Crippen LogP) is 6.44. The molecule has 0 unspecified atom stereocenters. The number of benzene rings is 2. The van der Waals surface area contributed by atoms with E-state index in [2.05, 4.69) is 27.4 Å². The van der Waals surface area contributed by atoms with Crippen LogP contribution in [0.2, 0.25) is 0 Å². The Morgan fingerprint density at radius 2 is 1.88 bits per heavy atom. The van der Waals surface area contributed by atoms with Crippen LogP contribution in [0.5, 0.6) is 0 Å². The van der Waals surface area contributed by atoms with E-state index in [9.17, 15) is 13.6 Å². The largest absolute Gasteiger partial charge is 0.381 e. The van der Waals surface area contributed by atoms with Crippen molar-refractivity contribution in [3.63, 3.8) is 0 Å². The van der Waals surface area contributed by atoms with Crippen molar-refractivity contribution in [2.45, 2.75) is 70.1 Å². The fraction of sp³-hybridized carbons (Fsp3) is 0.484. The highest BCUT2D eigenvalue weighted by molar-refractivity contribution is 5.80. The zero-order valence-electron chi connectivity index (χ0n) is 23.4. The van der Waals surface area contributed by atoms with Gasteiger partial charge in [0.25, 0.3) is 6.43 Å². The molecule has 1 N–H and O–H groups in total. The number of nitrogens with one attached hydrogen (secondary N) is 1. The van der Waals surface area contributed by atoms with Crippen molar-refractivity contribution in [2.24, 2.45) is 7.05 Å². The van der Waals surface area contributed by atoms with Crippen molar-refractivity contribution in [1.82, 2.24) is 20.0 Å². The lowest BCUT2D eigenvalue weighted by Crippen LogP contribution is -2.34. The second-order valence-electron chi connectivity index (χ2n) is 11.3. The van der Waals surface area contributed by atoms with Gasteiger partial charge in [0.1, 0.15) is 0 Å². The first-order valence-corrected chi connectivity index (χ1v) is 14.2. The molecule has 7 nitrogen and oxygen atoms in total. The van der Waals surface area contributed by atoms with E-state index in [0.717, 1.165) is 73.1 Å². The van der Waals surface area contributed by atoms with Crippen LogP contribution in [-0.2, 0) is 31.3 Å². The average molecular weight is 550 g/mol. The van der Waals surface area contributed by atoms with E-state index in [-0.39, 0.29) is 11.6 Å².